The summed E-state index contributed by atoms with van der Waals surface area (Å²) in [6.07, 6.45) is 21.8. The zero-order valence-corrected chi connectivity index (χ0v) is 15.5. The molecule has 4 aliphatic rings. The first-order valence-electron chi connectivity index (χ1n) is 10.1. The molecule has 130 valence electrons. The van der Waals surface area contributed by atoms with E-state index in [1.165, 1.54) is 44.1 Å². The van der Waals surface area contributed by atoms with Gasteiger partial charge in [-0.1, -0.05) is 44.2 Å². The molecular weight excluding hydrogens is 302 g/mol. The van der Waals surface area contributed by atoms with Crippen molar-refractivity contribution in [3.05, 3.63) is 60.0 Å². The summed E-state index contributed by atoms with van der Waals surface area (Å²) in [5, 5.41) is 0. The maximum absolute atomic E-state index is 4.39. The fourth-order valence-electron chi connectivity index (χ4n) is 6.84. The summed E-state index contributed by atoms with van der Waals surface area (Å²) in [6.45, 7) is 5.11. The van der Waals surface area contributed by atoms with Gasteiger partial charge in [0.25, 0.3) is 0 Å². The van der Waals surface area contributed by atoms with Gasteiger partial charge in [-0.25, -0.2) is 0 Å². The predicted molar refractivity (Wildman–Crippen MR) is 104 cm³/mol. The monoisotopic (exact) mass is 331 g/mol. The summed E-state index contributed by atoms with van der Waals surface area (Å²) in [5.74, 6) is 2.53. The van der Waals surface area contributed by atoms with E-state index in [1.807, 2.05) is 6.20 Å². The van der Waals surface area contributed by atoms with Crippen molar-refractivity contribution in [3.63, 3.8) is 0 Å². The number of hydrogen-bond donors (Lipinski definition) is 0. The molecule has 1 fully saturated rings. The molecule has 1 aromatic heterocycles. The highest BCUT2D eigenvalue weighted by Crippen LogP contribution is 2.65. The third-order valence-corrected chi connectivity index (χ3v) is 8.21. The van der Waals surface area contributed by atoms with Crippen molar-refractivity contribution in [3.8, 4) is 0 Å². The second kappa shape index (κ2) is 5.43. The quantitative estimate of drug-likeness (QED) is 0.596. The zero-order valence-electron chi connectivity index (χ0n) is 15.5. The summed E-state index contributed by atoms with van der Waals surface area (Å²) >= 11 is 0. The van der Waals surface area contributed by atoms with Gasteiger partial charge in [-0.05, 0) is 89.9 Å². The molecule has 0 spiro atoms. The number of pyridine rings is 1. The zero-order chi connectivity index (χ0) is 17.1. The van der Waals surface area contributed by atoms with Crippen LogP contribution in [0.2, 0.25) is 0 Å². The van der Waals surface area contributed by atoms with Gasteiger partial charge in [-0.2, -0.15) is 0 Å². The Morgan fingerprint density at radius 2 is 1.96 bits per heavy atom. The van der Waals surface area contributed by atoms with Gasteiger partial charge >= 0.3 is 0 Å². The molecule has 0 bridgehead atoms. The number of rotatable bonds is 1. The topological polar surface area (TPSA) is 12.9 Å². The van der Waals surface area contributed by atoms with Gasteiger partial charge in [0.15, 0.2) is 0 Å². The number of aromatic nitrogens is 1. The van der Waals surface area contributed by atoms with E-state index in [-0.39, 0.29) is 0 Å². The van der Waals surface area contributed by atoms with Crippen LogP contribution in [0, 0.1) is 28.6 Å². The van der Waals surface area contributed by atoms with Crippen LogP contribution in [0.1, 0.15) is 57.9 Å². The fraction of sp³-hybridized carbons (Fsp3) is 0.542. The molecule has 1 saturated carbocycles. The Hall–Kier alpha value is -1.63. The van der Waals surface area contributed by atoms with E-state index in [0.717, 1.165) is 17.8 Å². The second-order valence-corrected chi connectivity index (χ2v) is 9.18. The molecule has 1 aromatic rings. The molecule has 0 amide bonds. The standard InChI is InChI=1S/C24H29N/c1-23-13-4-3-7-18(23)8-9-19-21-11-10-20(17-6-5-15-25-16-17)24(21,2)14-12-22(19)23/h3,5-8,10,15-16,19,21-22H,4,9,11-14H2,1-2H3/t19-,21?,22?,23-,24+/m0/s1. The molecule has 1 heteroatoms. The Bertz CT molecular complexity index is 771. The maximum atomic E-state index is 4.39. The van der Waals surface area contributed by atoms with Crippen molar-refractivity contribution in [2.45, 2.75) is 52.4 Å². The van der Waals surface area contributed by atoms with E-state index in [4.69, 9.17) is 0 Å². The number of allylic oxidation sites excluding steroid dienone is 6. The van der Waals surface area contributed by atoms with Crippen LogP contribution in [0.25, 0.3) is 5.57 Å². The number of nitrogens with zero attached hydrogens (tertiary/aromatic N) is 1. The number of hydrogen-bond acceptors (Lipinski definition) is 1. The van der Waals surface area contributed by atoms with Crippen molar-refractivity contribution in [2.24, 2.45) is 28.6 Å². The Kier molecular flexibility index (Phi) is 3.39. The normalized spacial score (nSPS) is 42.1. The van der Waals surface area contributed by atoms with Gasteiger partial charge in [0.05, 0.1) is 0 Å². The molecule has 0 radical (unpaired) electrons. The first kappa shape index (κ1) is 15.6. The van der Waals surface area contributed by atoms with Crippen LogP contribution in [0.3, 0.4) is 0 Å². The van der Waals surface area contributed by atoms with Crippen LogP contribution in [-0.4, -0.2) is 4.98 Å². The molecule has 25 heavy (non-hydrogen) atoms. The van der Waals surface area contributed by atoms with Crippen molar-refractivity contribution in [2.75, 3.05) is 0 Å². The highest BCUT2D eigenvalue weighted by molar-refractivity contribution is 5.72. The molecule has 1 nitrogen and oxygen atoms in total. The Balaban J connectivity index is 1.51. The van der Waals surface area contributed by atoms with Crippen LogP contribution >= 0.6 is 0 Å². The van der Waals surface area contributed by atoms with Crippen LogP contribution in [0.15, 0.2) is 54.4 Å². The lowest BCUT2D eigenvalue weighted by atomic mass is 9.48. The summed E-state index contributed by atoms with van der Waals surface area (Å²) in [7, 11) is 0. The van der Waals surface area contributed by atoms with Crippen molar-refractivity contribution >= 4 is 5.57 Å². The van der Waals surface area contributed by atoms with E-state index < -0.39 is 0 Å². The van der Waals surface area contributed by atoms with Crippen LogP contribution < -0.4 is 0 Å². The summed E-state index contributed by atoms with van der Waals surface area (Å²) in [6, 6.07) is 4.34. The van der Waals surface area contributed by atoms with Crippen molar-refractivity contribution in [1.82, 2.24) is 4.98 Å². The molecule has 5 rings (SSSR count). The lowest BCUT2D eigenvalue weighted by Crippen LogP contribution is -2.48. The molecular formula is C24H29N. The van der Waals surface area contributed by atoms with Crippen LogP contribution in [0.5, 0.6) is 0 Å². The van der Waals surface area contributed by atoms with Gasteiger partial charge < -0.3 is 0 Å². The number of fused-ring (bicyclic) bond motifs is 5. The smallest absolute Gasteiger partial charge is 0.0343 e. The van der Waals surface area contributed by atoms with Gasteiger partial charge in [0.1, 0.15) is 0 Å². The van der Waals surface area contributed by atoms with E-state index >= 15 is 0 Å². The van der Waals surface area contributed by atoms with E-state index in [9.17, 15) is 0 Å². The van der Waals surface area contributed by atoms with Crippen LogP contribution in [0.4, 0.5) is 0 Å². The summed E-state index contributed by atoms with van der Waals surface area (Å²) in [5.41, 5.74) is 5.34. The lowest BCUT2D eigenvalue weighted by Gasteiger charge is -2.56. The molecule has 0 aliphatic heterocycles. The average Bonchev–Trinajstić information content (AvgIpc) is 2.99. The van der Waals surface area contributed by atoms with E-state index in [2.05, 4.69) is 61.5 Å². The predicted octanol–water partition coefficient (Wildman–Crippen LogP) is 6.20. The summed E-state index contributed by atoms with van der Waals surface area (Å²) in [4.78, 5) is 4.39. The molecule has 0 aromatic carbocycles. The van der Waals surface area contributed by atoms with Gasteiger partial charge in [-0.3, -0.25) is 4.98 Å². The van der Waals surface area contributed by atoms with E-state index in [1.54, 1.807) is 11.1 Å². The largest absolute Gasteiger partial charge is 0.264 e. The van der Waals surface area contributed by atoms with E-state index in [0.29, 0.717) is 10.8 Å². The first-order valence-corrected chi connectivity index (χ1v) is 10.1. The fourth-order valence-corrected chi connectivity index (χ4v) is 6.84. The highest BCUT2D eigenvalue weighted by Gasteiger charge is 2.55. The minimum atomic E-state index is 0.344. The molecule has 2 unspecified atom stereocenters. The maximum Gasteiger partial charge on any atom is 0.0343 e. The van der Waals surface area contributed by atoms with Gasteiger partial charge in [-0.15, -0.1) is 0 Å². The Morgan fingerprint density at radius 1 is 1.04 bits per heavy atom. The Morgan fingerprint density at radius 3 is 2.80 bits per heavy atom. The van der Waals surface area contributed by atoms with Gasteiger partial charge in [0.2, 0.25) is 0 Å². The molecule has 1 heterocycles. The van der Waals surface area contributed by atoms with Gasteiger partial charge in [0, 0.05) is 12.4 Å². The Labute approximate surface area is 151 Å². The second-order valence-electron chi connectivity index (χ2n) is 9.18. The molecule has 0 saturated heterocycles. The van der Waals surface area contributed by atoms with Crippen LogP contribution in [-0.2, 0) is 0 Å². The third-order valence-electron chi connectivity index (χ3n) is 8.21. The SMILES string of the molecule is C[C@]12CCC=CC1=CC[C@@H]1C2CC[C@]2(C)C(c3cccnc3)=CCC12. The lowest BCUT2D eigenvalue weighted by molar-refractivity contribution is -0.00168. The van der Waals surface area contributed by atoms with Crippen molar-refractivity contribution in [1.29, 1.82) is 0 Å². The minimum absolute atomic E-state index is 0.344. The average molecular weight is 332 g/mol. The first-order chi connectivity index (χ1) is 12.1. The molecule has 5 atom stereocenters. The summed E-state index contributed by atoms with van der Waals surface area (Å²) < 4.78 is 0. The molecule has 0 N–H and O–H groups in total. The highest BCUT2D eigenvalue weighted by atomic mass is 14.6. The third kappa shape index (κ3) is 2.11. The minimum Gasteiger partial charge on any atom is -0.264 e. The van der Waals surface area contributed by atoms with Crippen molar-refractivity contribution < 1.29 is 0 Å². The molecule has 4 aliphatic carbocycles.